The third-order valence-corrected chi connectivity index (χ3v) is 4.67. The summed E-state index contributed by atoms with van der Waals surface area (Å²) in [5, 5.41) is 14.6. The third kappa shape index (κ3) is 3.81. The van der Waals surface area contributed by atoms with E-state index in [2.05, 4.69) is 15.6 Å². The van der Waals surface area contributed by atoms with E-state index in [9.17, 15) is 9.90 Å². The van der Waals surface area contributed by atoms with Crippen molar-refractivity contribution in [3.05, 3.63) is 42.5 Å². The van der Waals surface area contributed by atoms with Crippen molar-refractivity contribution in [2.75, 3.05) is 10.6 Å². The number of nitrogens with zero attached hydrogens (tertiary/aromatic N) is 1. The number of nitrogens with one attached hydrogen (secondary N) is 2. The lowest BCUT2D eigenvalue weighted by Gasteiger charge is -2.32. The van der Waals surface area contributed by atoms with Crippen molar-refractivity contribution in [1.82, 2.24) is 4.98 Å². The molecule has 136 valence electrons. The van der Waals surface area contributed by atoms with Crippen LogP contribution in [-0.4, -0.2) is 34.4 Å². The Kier molecular flexibility index (Phi) is 4.64. The maximum Gasteiger partial charge on any atom is 0.494 e. The van der Waals surface area contributed by atoms with Crippen molar-refractivity contribution in [2.24, 2.45) is 0 Å². The predicted octanol–water partition coefficient (Wildman–Crippen LogP) is 2.73. The van der Waals surface area contributed by atoms with Crippen molar-refractivity contribution in [3.8, 4) is 5.88 Å². The number of carbonyl (C=O) groups excluding carboxylic acids is 1. The highest BCUT2D eigenvalue weighted by atomic mass is 16.7. The Labute approximate surface area is 152 Å². The monoisotopic (exact) mass is 355 g/mol. The van der Waals surface area contributed by atoms with Crippen LogP contribution in [0.2, 0.25) is 0 Å². The van der Waals surface area contributed by atoms with Crippen molar-refractivity contribution in [1.29, 1.82) is 0 Å². The largest absolute Gasteiger partial charge is 0.494 e. The Balaban J connectivity index is 1.62. The van der Waals surface area contributed by atoms with Gasteiger partial charge in [-0.05, 0) is 51.4 Å². The van der Waals surface area contributed by atoms with Crippen LogP contribution in [0.3, 0.4) is 0 Å². The van der Waals surface area contributed by atoms with Gasteiger partial charge in [-0.3, -0.25) is 5.32 Å². The molecule has 0 bridgehead atoms. The molecule has 0 saturated carbocycles. The zero-order valence-electron chi connectivity index (χ0n) is 15.2. The lowest BCUT2D eigenvalue weighted by Crippen LogP contribution is -2.41. The van der Waals surface area contributed by atoms with E-state index in [1.807, 2.05) is 39.8 Å². The van der Waals surface area contributed by atoms with Gasteiger partial charge >= 0.3 is 13.1 Å². The fourth-order valence-electron chi connectivity index (χ4n) is 2.47. The SMILES string of the molecule is CC1(C)OB(c2ccc(NC(=O)Nc3cccc(O)n3)cc2)OC1(C)C. The molecule has 26 heavy (non-hydrogen) atoms. The van der Waals surface area contributed by atoms with Gasteiger partial charge in [0.2, 0.25) is 5.88 Å². The summed E-state index contributed by atoms with van der Waals surface area (Å²) in [6, 6.07) is 11.4. The number of aromatic nitrogens is 1. The summed E-state index contributed by atoms with van der Waals surface area (Å²) in [5.41, 5.74) is 0.693. The molecule has 1 aromatic heterocycles. The van der Waals surface area contributed by atoms with E-state index in [-0.39, 0.29) is 11.7 Å². The van der Waals surface area contributed by atoms with Crippen molar-refractivity contribution < 1.29 is 19.2 Å². The summed E-state index contributed by atoms with van der Waals surface area (Å²) >= 11 is 0. The van der Waals surface area contributed by atoms with E-state index in [4.69, 9.17) is 9.31 Å². The molecular weight excluding hydrogens is 333 g/mol. The summed E-state index contributed by atoms with van der Waals surface area (Å²) in [6.45, 7) is 8.01. The molecule has 0 atom stereocenters. The molecule has 2 aromatic rings. The van der Waals surface area contributed by atoms with Gasteiger partial charge in [-0.1, -0.05) is 18.2 Å². The summed E-state index contributed by atoms with van der Waals surface area (Å²) in [4.78, 5) is 15.8. The van der Waals surface area contributed by atoms with Crippen LogP contribution >= 0.6 is 0 Å². The molecule has 1 aliphatic heterocycles. The van der Waals surface area contributed by atoms with Crippen molar-refractivity contribution in [2.45, 2.75) is 38.9 Å². The van der Waals surface area contributed by atoms with Crippen LogP contribution in [-0.2, 0) is 9.31 Å². The second-order valence-corrected chi connectivity index (χ2v) is 7.17. The minimum atomic E-state index is -0.452. The van der Waals surface area contributed by atoms with Gasteiger partial charge in [0.05, 0.1) is 11.2 Å². The molecule has 0 unspecified atom stereocenters. The van der Waals surface area contributed by atoms with Gasteiger partial charge in [0.15, 0.2) is 0 Å². The first-order valence-corrected chi connectivity index (χ1v) is 8.36. The molecule has 7 nitrogen and oxygen atoms in total. The molecule has 0 radical (unpaired) electrons. The van der Waals surface area contributed by atoms with Gasteiger partial charge in [0.1, 0.15) is 5.82 Å². The molecule has 0 spiro atoms. The fourth-order valence-corrected chi connectivity index (χ4v) is 2.47. The molecule has 1 fully saturated rings. The highest BCUT2D eigenvalue weighted by Gasteiger charge is 2.51. The molecule has 2 heterocycles. The molecule has 0 aliphatic carbocycles. The van der Waals surface area contributed by atoms with Crippen LogP contribution in [0.15, 0.2) is 42.5 Å². The number of rotatable bonds is 3. The molecule has 3 rings (SSSR count). The van der Waals surface area contributed by atoms with E-state index in [0.717, 1.165) is 5.46 Å². The highest BCUT2D eigenvalue weighted by molar-refractivity contribution is 6.62. The van der Waals surface area contributed by atoms with E-state index in [1.54, 1.807) is 24.3 Å². The maximum absolute atomic E-state index is 12.0. The van der Waals surface area contributed by atoms with Crippen LogP contribution in [0.25, 0.3) is 0 Å². The first kappa shape index (κ1) is 18.2. The van der Waals surface area contributed by atoms with E-state index in [1.165, 1.54) is 6.07 Å². The molecular formula is C18H22BN3O4. The lowest BCUT2D eigenvalue weighted by atomic mass is 9.79. The first-order chi connectivity index (χ1) is 12.2. The van der Waals surface area contributed by atoms with Crippen LogP contribution in [0, 0.1) is 0 Å². The molecule has 1 aliphatic rings. The molecule has 1 aromatic carbocycles. The average Bonchev–Trinajstić information content (AvgIpc) is 2.76. The van der Waals surface area contributed by atoms with Crippen molar-refractivity contribution in [3.63, 3.8) is 0 Å². The number of anilines is 2. The highest BCUT2D eigenvalue weighted by Crippen LogP contribution is 2.36. The van der Waals surface area contributed by atoms with Gasteiger partial charge in [-0.15, -0.1) is 0 Å². The number of amides is 2. The minimum Gasteiger partial charge on any atom is -0.493 e. The molecule has 2 amide bonds. The number of benzene rings is 1. The standard InChI is InChI=1S/C18H22BN3O4/c1-17(2)18(3,4)26-19(25-17)12-8-10-13(11-9-12)20-16(24)22-14-6-5-7-15(23)21-14/h5-11H,1-4H3,(H3,20,21,22,23,24). The zero-order valence-corrected chi connectivity index (χ0v) is 15.2. The van der Waals surface area contributed by atoms with Crippen LogP contribution in [0.4, 0.5) is 16.3 Å². The van der Waals surface area contributed by atoms with Gasteiger partial charge in [0, 0.05) is 11.8 Å². The number of pyridine rings is 1. The molecule has 1 saturated heterocycles. The molecule has 3 N–H and O–H groups in total. The van der Waals surface area contributed by atoms with Gasteiger partial charge < -0.3 is 19.7 Å². The number of hydrogen-bond acceptors (Lipinski definition) is 5. The fraction of sp³-hybridized carbons (Fsp3) is 0.333. The Hall–Kier alpha value is -2.58. The lowest BCUT2D eigenvalue weighted by molar-refractivity contribution is 0.00578. The van der Waals surface area contributed by atoms with E-state index >= 15 is 0 Å². The summed E-state index contributed by atoms with van der Waals surface area (Å²) < 4.78 is 12.0. The van der Waals surface area contributed by atoms with Crippen LogP contribution in [0.5, 0.6) is 5.88 Å². The summed E-state index contributed by atoms with van der Waals surface area (Å²) in [6.07, 6.45) is 0. The Morgan fingerprint density at radius 2 is 1.62 bits per heavy atom. The topological polar surface area (TPSA) is 92.7 Å². The first-order valence-electron chi connectivity index (χ1n) is 8.36. The van der Waals surface area contributed by atoms with Crippen molar-refractivity contribution >= 4 is 30.1 Å². The maximum atomic E-state index is 12.0. The summed E-state index contributed by atoms with van der Waals surface area (Å²) in [5.74, 6) is 0.103. The predicted molar refractivity (Wildman–Crippen MR) is 101 cm³/mol. The summed E-state index contributed by atoms with van der Waals surface area (Å²) in [7, 11) is -0.445. The Morgan fingerprint density at radius 3 is 2.19 bits per heavy atom. The average molecular weight is 355 g/mol. The number of carbonyl (C=O) groups is 1. The second kappa shape index (κ2) is 6.62. The number of hydrogen-bond donors (Lipinski definition) is 3. The number of urea groups is 1. The minimum absolute atomic E-state index is 0.158. The van der Waals surface area contributed by atoms with Gasteiger partial charge in [0.25, 0.3) is 0 Å². The van der Waals surface area contributed by atoms with E-state index in [0.29, 0.717) is 5.69 Å². The van der Waals surface area contributed by atoms with Crippen LogP contribution < -0.4 is 16.1 Å². The quantitative estimate of drug-likeness (QED) is 0.737. The molecule has 8 heteroatoms. The zero-order chi connectivity index (χ0) is 18.9. The van der Waals surface area contributed by atoms with E-state index < -0.39 is 24.4 Å². The normalized spacial score (nSPS) is 17.8. The smallest absolute Gasteiger partial charge is 0.493 e. The Morgan fingerprint density at radius 1 is 1.00 bits per heavy atom. The van der Waals surface area contributed by atoms with Gasteiger partial charge in [-0.2, -0.15) is 4.98 Å². The van der Waals surface area contributed by atoms with Crippen LogP contribution in [0.1, 0.15) is 27.7 Å². The van der Waals surface area contributed by atoms with Gasteiger partial charge in [-0.25, -0.2) is 4.79 Å². The number of aromatic hydroxyl groups is 1. The third-order valence-electron chi connectivity index (χ3n) is 4.67. The second-order valence-electron chi connectivity index (χ2n) is 7.17. The Bertz CT molecular complexity index is 792.